The van der Waals surface area contributed by atoms with Crippen molar-refractivity contribution in [3.05, 3.63) is 35.4 Å². The van der Waals surface area contributed by atoms with Crippen molar-refractivity contribution >= 4 is 29.9 Å². The number of rotatable bonds is 7. The van der Waals surface area contributed by atoms with Crippen LogP contribution in [0.25, 0.3) is 0 Å². The van der Waals surface area contributed by atoms with Crippen molar-refractivity contribution in [2.45, 2.75) is 26.2 Å². The number of benzene rings is 1. The molecule has 0 radical (unpaired) electrons. The van der Waals surface area contributed by atoms with Crippen LogP contribution < -0.4 is 10.6 Å². The molecule has 0 spiro atoms. The van der Waals surface area contributed by atoms with Gasteiger partial charge in [-0.3, -0.25) is 4.99 Å². The molecule has 0 aromatic heterocycles. The van der Waals surface area contributed by atoms with E-state index >= 15 is 0 Å². The van der Waals surface area contributed by atoms with Gasteiger partial charge in [0.05, 0.1) is 0 Å². The number of methoxy groups -OCH3 is 1. The predicted molar refractivity (Wildman–Crippen MR) is 101 cm³/mol. The minimum absolute atomic E-state index is 0. The van der Waals surface area contributed by atoms with Crippen LogP contribution in [0.1, 0.15) is 30.4 Å². The van der Waals surface area contributed by atoms with Gasteiger partial charge in [0.2, 0.25) is 0 Å². The van der Waals surface area contributed by atoms with E-state index in [-0.39, 0.29) is 24.0 Å². The van der Waals surface area contributed by atoms with Crippen LogP contribution in [0.5, 0.6) is 0 Å². The second-order valence-corrected chi connectivity index (χ2v) is 5.04. The summed E-state index contributed by atoms with van der Waals surface area (Å²) in [5.41, 5.74) is 2.66. The minimum Gasteiger partial charge on any atom is -0.385 e. The molecule has 2 N–H and O–H groups in total. The third-order valence-electron chi connectivity index (χ3n) is 3.23. The maximum Gasteiger partial charge on any atom is 0.190 e. The molecule has 0 heterocycles. The first-order valence-electron chi connectivity index (χ1n) is 7.17. The standard InChI is InChI=1S/C16H27N3O.HI/c1-13-7-5-8-15(11-13)14(2)12-19-16(17-3)18-9-6-10-20-4;/h5,7-8,11,14H,6,9-10,12H2,1-4H3,(H2,17,18,19);1H. The van der Waals surface area contributed by atoms with E-state index in [1.165, 1.54) is 11.1 Å². The second-order valence-electron chi connectivity index (χ2n) is 5.04. The van der Waals surface area contributed by atoms with Gasteiger partial charge in [-0.05, 0) is 24.8 Å². The van der Waals surface area contributed by atoms with Gasteiger partial charge in [0.25, 0.3) is 0 Å². The molecule has 0 bridgehead atoms. The summed E-state index contributed by atoms with van der Waals surface area (Å²) in [4.78, 5) is 4.22. The van der Waals surface area contributed by atoms with Crippen molar-refractivity contribution in [3.63, 3.8) is 0 Å². The highest BCUT2D eigenvalue weighted by Crippen LogP contribution is 2.15. The van der Waals surface area contributed by atoms with Crippen LogP contribution in [0, 0.1) is 6.92 Å². The monoisotopic (exact) mass is 405 g/mol. The van der Waals surface area contributed by atoms with Crippen LogP contribution in [0.4, 0.5) is 0 Å². The molecule has 0 fully saturated rings. The SMILES string of the molecule is CN=C(NCCCOC)NCC(C)c1cccc(C)c1.I. The fraction of sp³-hybridized carbons (Fsp3) is 0.562. The zero-order valence-electron chi connectivity index (χ0n) is 13.5. The first-order valence-corrected chi connectivity index (χ1v) is 7.17. The molecule has 1 atom stereocenters. The number of nitrogens with zero attached hydrogens (tertiary/aromatic N) is 1. The maximum absolute atomic E-state index is 5.02. The molecular formula is C16H28IN3O. The van der Waals surface area contributed by atoms with Crippen molar-refractivity contribution in [1.82, 2.24) is 10.6 Å². The van der Waals surface area contributed by atoms with Crippen LogP contribution >= 0.6 is 24.0 Å². The zero-order valence-corrected chi connectivity index (χ0v) is 15.8. The highest BCUT2D eigenvalue weighted by molar-refractivity contribution is 14.0. The number of guanidine groups is 1. The van der Waals surface area contributed by atoms with E-state index in [1.54, 1.807) is 14.2 Å². The summed E-state index contributed by atoms with van der Waals surface area (Å²) in [6.07, 6.45) is 0.977. The first kappa shape index (κ1) is 20.2. The Labute approximate surface area is 145 Å². The molecule has 5 heteroatoms. The average Bonchev–Trinajstić information content (AvgIpc) is 2.46. The first-order chi connectivity index (χ1) is 9.67. The van der Waals surface area contributed by atoms with E-state index in [9.17, 15) is 0 Å². The van der Waals surface area contributed by atoms with Gasteiger partial charge in [-0.1, -0.05) is 36.8 Å². The minimum atomic E-state index is 0. The Morgan fingerprint density at radius 2 is 2.10 bits per heavy atom. The van der Waals surface area contributed by atoms with E-state index in [2.05, 4.69) is 53.7 Å². The Kier molecular flexibility index (Phi) is 11.3. The molecule has 4 nitrogen and oxygen atoms in total. The Morgan fingerprint density at radius 1 is 1.33 bits per heavy atom. The third-order valence-corrected chi connectivity index (χ3v) is 3.23. The summed E-state index contributed by atoms with van der Waals surface area (Å²) in [6.45, 7) is 6.85. The molecule has 0 amide bonds. The number of aliphatic imine (C=N–C) groups is 1. The number of aryl methyl sites for hydroxylation is 1. The van der Waals surface area contributed by atoms with Crippen LogP contribution in [0.3, 0.4) is 0 Å². The predicted octanol–water partition coefficient (Wildman–Crippen LogP) is 2.92. The topological polar surface area (TPSA) is 45.7 Å². The van der Waals surface area contributed by atoms with Crippen molar-refractivity contribution in [3.8, 4) is 0 Å². The molecule has 1 aromatic rings. The van der Waals surface area contributed by atoms with E-state index in [0.29, 0.717) is 5.92 Å². The zero-order chi connectivity index (χ0) is 14.8. The normalized spacial score (nSPS) is 12.5. The van der Waals surface area contributed by atoms with Crippen molar-refractivity contribution < 1.29 is 4.74 Å². The summed E-state index contributed by atoms with van der Waals surface area (Å²) < 4.78 is 5.02. The molecule has 1 unspecified atom stereocenters. The molecule has 120 valence electrons. The molecule has 0 aliphatic carbocycles. The van der Waals surface area contributed by atoms with Crippen LogP contribution in [0.2, 0.25) is 0 Å². The number of ether oxygens (including phenoxy) is 1. The van der Waals surface area contributed by atoms with E-state index < -0.39 is 0 Å². The van der Waals surface area contributed by atoms with Crippen LogP contribution in [-0.4, -0.2) is 39.8 Å². The van der Waals surface area contributed by atoms with Crippen molar-refractivity contribution in [1.29, 1.82) is 0 Å². The Balaban J connectivity index is 0.00000400. The molecule has 0 saturated heterocycles. The number of hydrogen-bond donors (Lipinski definition) is 2. The van der Waals surface area contributed by atoms with Gasteiger partial charge < -0.3 is 15.4 Å². The summed E-state index contributed by atoms with van der Waals surface area (Å²) in [6, 6.07) is 8.65. The highest BCUT2D eigenvalue weighted by atomic mass is 127. The number of hydrogen-bond acceptors (Lipinski definition) is 2. The quantitative estimate of drug-likeness (QED) is 0.317. The summed E-state index contributed by atoms with van der Waals surface area (Å²) in [7, 11) is 3.51. The van der Waals surface area contributed by atoms with Crippen LogP contribution in [-0.2, 0) is 4.74 Å². The summed E-state index contributed by atoms with van der Waals surface area (Å²) >= 11 is 0. The number of nitrogens with one attached hydrogen (secondary N) is 2. The molecule has 0 saturated carbocycles. The highest BCUT2D eigenvalue weighted by Gasteiger charge is 2.06. The van der Waals surface area contributed by atoms with Gasteiger partial charge in [-0.25, -0.2) is 0 Å². The summed E-state index contributed by atoms with van der Waals surface area (Å²) in [5, 5.41) is 6.64. The smallest absolute Gasteiger partial charge is 0.190 e. The largest absolute Gasteiger partial charge is 0.385 e. The maximum atomic E-state index is 5.02. The van der Waals surface area contributed by atoms with Gasteiger partial charge >= 0.3 is 0 Å². The molecule has 1 aromatic carbocycles. The molecule has 0 aliphatic rings. The van der Waals surface area contributed by atoms with Crippen molar-refractivity contribution in [2.24, 2.45) is 4.99 Å². The van der Waals surface area contributed by atoms with E-state index in [4.69, 9.17) is 4.74 Å². The van der Waals surface area contributed by atoms with Crippen LogP contribution in [0.15, 0.2) is 29.3 Å². The lowest BCUT2D eigenvalue weighted by Gasteiger charge is -2.16. The average molecular weight is 405 g/mol. The van der Waals surface area contributed by atoms with Gasteiger partial charge in [-0.2, -0.15) is 0 Å². The fourth-order valence-electron chi connectivity index (χ4n) is 1.99. The molecule has 0 aliphatic heterocycles. The Hall–Kier alpha value is -0.820. The molecule has 1 rings (SSSR count). The second kappa shape index (κ2) is 11.8. The van der Waals surface area contributed by atoms with Gasteiger partial charge in [-0.15, -0.1) is 24.0 Å². The number of halogens is 1. The van der Waals surface area contributed by atoms with Crippen molar-refractivity contribution in [2.75, 3.05) is 33.9 Å². The third kappa shape index (κ3) is 8.26. The Bertz CT molecular complexity index is 424. The van der Waals surface area contributed by atoms with Gasteiger partial charge in [0, 0.05) is 33.9 Å². The Morgan fingerprint density at radius 3 is 2.71 bits per heavy atom. The lowest BCUT2D eigenvalue weighted by Crippen LogP contribution is -2.39. The van der Waals surface area contributed by atoms with Gasteiger partial charge in [0.15, 0.2) is 5.96 Å². The molecular weight excluding hydrogens is 377 g/mol. The van der Waals surface area contributed by atoms with E-state index in [1.807, 2.05) is 0 Å². The lowest BCUT2D eigenvalue weighted by molar-refractivity contribution is 0.195. The molecule has 21 heavy (non-hydrogen) atoms. The van der Waals surface area contributed by atoms with Gasteiger partial charge in [0.1, 0.15) is 0 Å². The lowest BCUT2D eigenvalue weighted by atomic mass is 9.99. The summed E-state index contributed by atoms with van der Waals surface area (Å²) in [5.74, 6) is 1.30. The fourth-order valence-corrected chi connectivity index (χ4v) is 1.99. The van der Waals surface area contributed by atoms with E-state index in [0.717, 1.165) is 32.1 Å².